The summed E-state index contributed by atoms with van der Waals surface area (Å²) in [4.78, 5) is 39.2. The minimum Gasteiger partial charge on any atom is -0.325 e. The van der Waals surface area contributed by atoms with Crippen molar-refractivity contribution in [3.63, 3.8) is 0 Å². The van der Waals surface area contributed by atoms with Gasteiger partial charge >= 0.3 is 0 Å². The van der Waals surface area contributed by atoms with Crippen molar-refractivity contribution in [3.8, 4) is 0 Å². The molecule has 1 aliphatic carbocycles. The van der Waals surface area contributed by atoms with E-state index >= 15 is 0 Å². The number of fused-ring (bicyclic) bond motifs is 1. The van der Waals surface area contributed by atoms with E-state index in [2.05, 4.69) is 10.3 Å². The molecule has 1 heterocycles. The number of carbonyl (C=O) groups is 2. The zero-order valence-electron chi connectivity index (χ0n) is 12.5. The number of aromatic nitrogens is 1. The van der Waals surface area contributed by atoms with Gasteiger partial charge in [-0.1, -0.05) is 18.5 Å². The second-order valence-corrected chi connectivity index (χ2v) is 6.24. The van der Waals surface area contributed by atoms with Crippen LogP contribution in [-0.4, -0.2) is 16.7 Å². The Morgan fingerprint density at radius 1 is 1.22 bits per heavy atom. The third-order valence-electron chi connectivity index (χ3n) is 3.86. The van der Waals surface area contributed by atoms with Crippen LogP contribution >= 0.6 is 11.6 Å². The average Bonchev–Trinajstić information content (AvgIpc) is 2.48. The number of hydrogen-bond donors (Lipinski definition) is 2. The molecule has 0 aliphatic heterocycles. The molecule has 1 aromatic heterocycles. The SMILES string of the molecule is CC1CC(=O)c2cc(C(=O)Nc3ccc(Cl)cc3)c(=O)[nH]c2C1. The van der Waals surface area contributed by atoms with Crippen LogP contribution in [0.5, 0.6) is 0 Å². The molecule has 2 aromatic rings. The van der Waals surface area contributed by atoms with Crippen molar-refractivity contribution in [2.45, 2.75) is 19.8 Å². The van der Waals surface area contributed by atoms with E-state index in [0.717, 1.165) is 0 Å². The summed E-state index contributed by atoms with van der Waals surface area (Å²) in [6.07, 6.45) is 1.06. The van der Waals surface area contributed by atoms with Gasteiger partial charge in [0.15, 0.2) is 5.78 Å². The summed E-state index contributed by atoms with van der Waals surface area (Å²) in [7, 11) is 0. The molecular formula is C17H15ClN2O3. The van der Waals surface area contributed by atoms with Crippen molar-refractivity contribution in [3.05, 3.63) is 62.5 Å². The summed E-state index contributed by atoms with van der Waals surface area (Å²) < 4.78 is 0. The number of halogens is 1. The van der Waals surface area contributed by atoms with E-state index in [-0.39, 0.29) is 17.3 Å². The Morgan fingerprint density at radius 2 is 1.91 bits per heavy atom. The van der Waals surface area contributed by atoms with Gasteiger partial charge in [0.2, 0.25) is 0 Å². The highest BCUT2D eigenvalue weighted by molar-refractivity contribution is 6.30. The second kappa shape index (κ2) is 6.01. The van der Waals surface area contributed by atoms with Gasteiger partial charge in [-0.3, -0.25) is 14.4 Å². The van der Waals surface area contributed by atoms with E-state index in [0.29, 0.717) is 34.8 Å². The molecule has 2 N–H and O–H groups in total. The minimum atomic E-state index is -0.553. The molecule has 1 unspecified atom stereocenters. The molecule has 0 radical (unpaired) electrons. The van der Waals surface area contributed by atoms with Crippen LogP contribution in [0.1, 0.15) is 39.8 Å². The number of anilines is 1. The molecule has 0 saturated heterocycles. The van der Waals surface area contributed by atoms with Gasteiger partial charge < -0.3 is 10.3 Å². The van der Waals surface area contributed by atoms with Gasteiger partial charge in [0.1, 0.15) is 5.56 Å². The number of pyridine rings is 1. The van der Waals surface area contributed by atoms with Crippen LogP contribution in [0.25, 0.3) is 0 Å². The standard InChI is InChI=1S/C17H15ClN2O3/c1-9-6-14-12(15(21)7-9)8-13(17(23)20-14)16(22)19-11-4-2-10(18)3-5-11/h2-5,8-9H,6-7H2,1H3,(H,19,22)(H,20,23). The Bertz CT molecular complexity index is 840. The van der Waals surface area contributed by atoms with Gasteiger partial charge in [-0.25, -0.2) is 0 Å². The van der Waals surface area contributed by atoms with Gasteiger partial charge in [0.05, 0.1) is 0 Å². The molecule has 6 heteroatoms. The smallest absolute Gasteiger partial charge is 0.261 e. The van der Waals surface area contributed by atoms with E-state index in [1.165, 1.54) is 6.07 Å². The lowest BCUT2D eigenvalue weighted by molar-refractivity contribution is 0.0952. The lowest BCUT2D eigenvalue weighted by Gasteiger charge is -2.20. The molecule has 1 aromatic carbocycles. The summed E-state index contributed by atoms with van der Waals surface area (Å²) in [5, 5.41) is 3.18. The van der Waals surface area contributed by atoms with Crippen molar-refractivity contribution >= 4 is 29.0 Å². The fourth-order valence-electron chi connectivity index (χ4n) is 2.73. The minimum absolute atomic E-state index is 0.0458. The molecule has 0 fully saturated rings. The Labute approximate surface area is 137 Å². The van der Waals surface area contributed by atoms with E-state index in [9.17, 15) is 14.4 Å². The number of Topliss-reactive ketones (excluding diaryl/α,β-unsaturated/α-hetero) is 1. The molecule has 0 saturated carbocycles. The van der Waals surface area contributed by atoms with E-state index in [1.807, 2.05) is 6.92 Å². The third kappa shape index (κ3) is 3.19. The van der Waals surface area contributed by atoms with Crippen LogP contribution in [0.4, 0.5) is 5.69 Å². The molecule has 1 amide bonds. The first-order valence-electron chi connectivity index (χ1n) is 7.30. The van der Waals surface area contributed by atoms with E-state index in [4.69, 9.17) is 11.6 Å². The van der Waals surface area contributed by atoms with Gasteiger partial charge in [0.25, 0.3) is 11.5 Å². The first-order valence-corrected chi connectivity index (χ1v) is 7.68. The summed E-state index contributed by atoms with van der Waals surface area (Å²) in [5.74, 6) is -0.405. The Balaban J connectivity index is 1.92. The van der Waals surface area contributed by atoms with E-state index in [1.54, 1.807) is 24.3 Å². The maximum absolute atomic E-state index is 12.3. The fraction of sp³-hybridized carbons (Fsp3) is 0.235. The second-order valence-electron chi connectivity index (χ2n) is 5.80. The van der Waals surface area contributed by atoms with Crippen molar-refractivity contribution in [2.75, 3.05) is 5.32 Å². The lowest BCUT2D eigenvalue weighted by atomic mass is 9.86. The summed E-state index contributed by atoms with van der Waals surface area (Å²) in [6.45, 7) is 1.96. The van der Waals surface area contributed by atoms with Crippen molar-refractivity contribution in [1.82, 2.24) is 4.98 Å². The zero-order chi connectivity index (χ0) is 16.6. The molecular weight excluding hydrogens is 316 g/mol. The predicted octanol–water partition coefficient (Wildman–Crippen LogP) is 3.05. The molecule has 118 valence electrons. The monoisotopic (exact) mass is 330 g/mol. The van der Waals surface area contributed by atoms with Crippen LogP contribution in [0, 0.1) is 5.92 Å². The Kier molecular flexibility index (Phi) is 4.05. The molecule has 1 atom stereocenters. The van der Waals surface area contributed by atoms with Crippen LogP contribution in [0.3, 0.4) is 0 Å². The van der Waals surface area contributed by atoms with Crippen LogP contribution in [0.2, 0.25) is 5.02 Å². The number of aromatic amines is 1. The highest BCUT2D eigenvalue weighted by Crippen LogP contribution is 2.23. The van der Waals surface area contributed by atoms with Gasteiger partial charge in [-0.2, -0.15) is 0 Å². The number of carbonyl (C=O) groups excluding carboxylic acids is 2. The Morgan fingerprint density at radius 3 is 2.61 bits per heavy atom. The molecule has 3 rings (SSSR count). The number of benzene rings is 1. The highest BCUT2D eigenvalue weighted by Gasteiger charge is 2.25. The predicted molar refractivity (Wildman–Crippen MR) is 88.3 cm³/mol. The average molecular weight is 331 g/mol. The van der Waals surface area contributed by atoms with Crippen molar-refractivity contribution < 1.29 is 9.59 Å². The molecule has 1 aliphatic rings. The normalized spacial score (nSPS) is 16.8. The number of H-pyrrole nitrogens is 1. The number of hydrogen-bond acceptors (Lipinski definition) is 3. The number of ketones is 1. The van der Waals surface area contributed by atoms with Crippen LogP contribution < -0.4 is 10.9 Å². The molecule has 0 spiro atoms. The maximum Gasteiger partial charge on any atom is 0.261 e. The van der Waals surface area contributed by atoms with Gasteiger partial charge in [-0.15, -0.1) is 0 Å². The highest BCUT2D eigenvalue weighted by atomic mass is 35.5. The quantitative estimate of drug-likeness (QED) is 0.888. The summed E-state index contributed by atoms with van der Waals surface area (Å²) >= 11 is 5.79. The lowest BCUT2D eigenvalue weighted by Crippen LogP contribution is -2.29. The summed E-state index contributed by atoms with van der Waals surface area (Å²) in [6, 6.07) is 7.95. The summed E-state index contributed by atoms with van der Waals surface area (Å²) in [5.41, 5.74) is 1.01. The first-order chi connectivity index (χ1) is 10.9. The molecule has 5 nitrogen and oxygen atoms in total. The number of nitrogens with one attached hydrogen (secondary N) is 2. The largest absolute Gasteiger partial charge is 0.325 e. The number of amides is 1. The number of rotatable bonds is 2. The van der Waals surface area contributed by atoms with Crippen LogP contribution in [0.15, 0.2) is 35.1 Å². The Hall–Kier alpha value is -2.40. The zero-order valence-corrected chi connectivity index (χ0v) is 13.2. The fourth-order valence-corrected chi connectivity index (χ4v) is 2.85. The third-order valence-corrected chi connectivity index (χ3v) is 4.11. The van der Waals surface area contributed by atoms with Gasteiger partial charge in [-0.05, 0) is 42.7 Å². The van der Waals surface area contributed by atoms with E-state index < -0.39 is 11.5 Å². The molecule has 23 heavy (non-hydrogen) atoms. The van der Waals surface area contributed by atoms with Crippen molar-refractivity contribution in [2.24, 2.45) is 5.92 Å². The molecule has 0 bridgehead atoms. The topological polar surface area (TPSA) is 79.0 Å². The van der Waals surface area contributed by atoms with Gasteiger partial charge in [0, 0.05) is 28.4 Å². The van der Waals surface area contributed by atoms with Crippen LogP contribution in [-0.2, 0) is 6.42 Å². The maximum atomic E-state index is 12.3. The van der Waals surface area contributed by atoms with Crippen molar-refractivity contribution in [1.29, 1.82) is 0 Å². The first kappa shape index (κ1) is 15.5.